The first-order valence-corrected chi connectivity index (χ1v) is 12.8. The molecule has 0 saturated carbocycles. The molecule has 1 aromatic carbocycles. The predicted octanol–water partition coefficient (Wildman–Crippen LogP) is 1.59. The summed E-state index contributed by atoms with van der Waals surface area (Å²) in [5, 5.41) is 8.70. The zero-order valence-electron chi connectivity index (χ0n) is 21.6. The summed E-state index contributed by atoms with van der Waals surface area (Å²) in [6.07, 6.45) is 4.53. The first kappa shape index (κ1) is 27.5. The first-order chi connectivity index (χ1) is 17.1. The quantitative estimate of drug-likeness (QED) is 0.444. The van der Waals surface area contributed by atoms with Gasteiger partial charge < -0.3 is 20.9 Å². The van der Waals surface area contributed by atoms with Crippen molar-refractivity contribution >= 4 is 29.3 Å². The molecule has 2 saturated heterocycles. The van der Waals surface area contributed by atoms with E-state index in [1.54, 1.807) is 37.1 Å². The van der Waals surface area contributed by atoms with Crippen molar-refractivity contribution < 1.29 is 24.0 Å². The van der Waals surface area contributed by atoms with E-state index >= 15 is 0 Å². The Morgan fingerprint density at radius 2 is 1.72 bits per heavy atom. The molecular formula is C27H38N4O5. The summed E-state index contributed by atoms with van der Waals surface area (Å²) in [5.74, 6) is -1.92. The maximum Gasteiger partial charge on any atom is 0.246 e. The van der Waals surface area contributed by atoms with Gasteiger partial charge in [0.15, 0.2) is 0 Å². The molecule has 3 amide bonds. The molecule has 3 N–H and O–H groups in total. The number of hydrogen-bond donors (Lipinski definition) is 3. The van der Waals surface area contributed by atoms with Gasteiger partial charge in [-0.15, -0.1) is 0 Å². The molecule has 2 aliphatic heterocycles. The fourth-order valence-electron chi connectivity index (χ4n) is 5.30. The molecule has 3 rings (SSSR count). The van der Waals surface area contributed by atoms with E-state index < -0.39 is 24.0 Å². The zero-order valence-corrected chi connectivity index (χ0v) is 21.6. The Balaban J connectivity index is 1.70. The summed E-state index contributed by atoms with van der Waals surface area (Å²) >= 11 is 0. The predicted molar refractivity (Wildman–Crippen MR) is 135 cm³/mol. The molecule has 1 aromatic rings. The highest BCUT2D eigenvalue weighted by molar-refractivity contribution is 6.05. The van der Waals surface area contributed by atoms with Crippen LogP contribution in [-0.4, -0.2) is 65.4 Å². The summed E-state index contributed by atoms with van der Waals surface area (Å²) in [5.41, 5.74) is 1.38. The molecule has 4 atom stereocenters. The number of Topliss-reactive ketones (excluding diaryl/α,β-unsaturated/α-hetero) is 2. The zero-order chi connectivity index (χ0) is 26.4. The minimum absolute atomic E-state index is 0.00936. The lowest BCUT2D eigenvalue weighted by atomic mass is 9.91. The van der Waals surface area contributed by atoms with Gasteiger partial charge in [0.1, 0.15) is 29.6 Å². The number of carbonyl (C=O) groups is 5. The highest BCUT2D eigenvalue weighted by atomic mass is 16.2. The van der Waals surface area contributed by atoms with Gasteiger partial charge in [-0.3, -0.25) is 24.0 Å². The van der Waals surface area contributed by atoms with Gasteiger partial charge in [-0.05, 0) is 64.6 Å². The standard InChI is InChI=1S/C27H38N4O5/c1-16(28-4)25(34)30-22-11-6-5-10-21-12-13-23(31(21)27(22)36)26(35)29-15-19-8-7-9-20(14-19)24(17(2)32)18(3)33/h7-9,14,16,21-24,28H,5-6,10-13,15H2,1-4H3,(H,29,35)(H,30,34). The van der Waals surface area contributed by atoms with E-state index in [-0.39, 0.29) is 41.9 Å². The Morgan fingerprint density at radius 1 is 1.03 bits per heavy atom. The molecule has 0 aliphatic carbocycles. The SMILES string of the molecule is CNC(C)C(=O)NC1CCCCC2CCC(C(=O)NCc3cccc(C(C(C)=O)C(C)=O)c3)N2C1=O. The number of carbonyl (C=O) groups excluding carboxylic acids is 5. The number of fused-ring (bicyclic) bond motifs is 1. The lowest BCUT2D eigenvalue weighted by Crippen LogP contribution is -2.57. The van der Waals surface area contributed by atoms with E-state index in [9.17, 15) is 24.0 Å². The van der Waals surface area contributed by atoms with Crippen molar-refractivity contribution in [3.8, 4) is 0 Å². The Labute approximate surface area is 212 Å². The van der Waals surface area contributed by atoms with Crippen LogP contribution in [-0.2, 0) is 30.5 Å². The average Bonchev–Trinajstić information content (AvgIpc) is 3.25. The van der Waals surface area contributed by atoms with Crippen LogP contribution in [0, 0.1) is 0 Å². The third-order valence-electron chi connectivity index (χ3n) is 7.34. The number of nitrogens with zero attached hydrogens (tertiary/aromatic N) is 1. The monoisotopic (exact) mass is 498 g/mol. The smallest absolute Gasteiger partial charge is 0.246 e. The maximum absolute atomic E-state index is 13.5. The van der Waals surface area contributed by atoms with Crippen LogP contribution in [0.15, 0.2) is 24.3 Å². The normalized spacial score (nSPS) is 22.9. The highest BCUT2D eigenvalue weighted by Gasteiger charge is 2.43. The fraction of sp³-hybridized carbons (Fsp3) is 0.593. The van der Waals surface area contributed by atoms with Crippen LogP contribution < -0.4 is 16.0 Å². The molecule has 9 heteroatoms. The summed E-state index contributed by atoms with van der Waals surface area (Å²) in [7, 11) is 1.69. The molecule has 196 valence electrons. The minimum Gasteiger partial charge on any atom is -0.350 e. The number of ketones is 2. The minimum atomic E-state index is -0.812. The van der Waals surface area contributed by atoms with E-state index in [1.807, 2.05) is 6.07 Å². The second-order valence-electron chi connectivity index (χ2n) is 9.97. The molecule has 0 bridgehead atoms. The Bertz CT molecular complexity index is 996. The third-order valence-corrected chi connectivity index (χ3v) is 7.34. The third kappa shape index (κ3) is 6.37. The van der Waals surface area contributed by atoms with Gasteiger partial charge in [0.2, 0.25) is 17.7 Å². The van der Waals surface area contributed by atoms with Crippen LogP contribution in [0.1, 0.15) is 76.3 Å². The molecule has 0 radical (unpaired) electrons. The van der Waals surface area contributed by atoms with E-state index in [2.05, 4.69) is 16.0 Å². The largest absolute Gasteiger partial charge is 0.350 e. The number of likely N-dealkylation sites (N-methyl/N-ethyl adjacent to an activating group) is 1. The Kier molecular flexibility index (Phi) is 9.37. The van der Waals surface area contributed by atoms with Crippen molar-refractivity contribution in [1.82, 2.24) is 20.9 Å². The molecule has 4 unspecified atom stereocenters. The fourth-order valence-corrected chi connectivity index (χ4v) is 5.30. The van der Waals surface area contributed by atoms with Crippen LogP contribution >= 0.6 is 0 Å². The molecule has 0 aromatic heterocycles. The van der Waals surface area contributed by atoms with Crippen molar-refractivity contribution in [2.75, 3.05) is 7.05 Å². The summed E-state index contributed by atoms with van der Waals surface area (Å²) in [6, 6.07) is 5.44. The van der Waals surface area contributed by atoms with Gasteiger partial charge in [0, 0.05) is 12.6 Å². The molecule has 2 heterocycles. The summed E-state index contributed by atoms with van der Waals surface area (Å²) < 4.78 is 0. The number of hydrogen-bond acceptors (Lipinski definition) is 6. The van der Waals surface area contributed by atoms with Gasteiger partial charge in [0.05, 0.1) is 6.04 Å². The summed E-state index contributed by atoms with van der Waals surface area (Å²) in [4.78, 5) is 64.8. The molecule has 2 fully saturated rings. The summed E-state index contributed by atoms with van der Waals surface area (Å²) in [6.45, 7) is 4.75. The van der Waals surface area contributed by atoms with Crippen LogP contribution in [0.25, 0.3) is 0 Å². The van der Waals surface area contributed by atoms with Gasteiger partial charge in [-0.25, -0.2) is 0 Å². The van der Waals surface area contributed by atoms with Gasteiger partial charge in [-0.1, -0.05) is 37.1 Å². The van der Waals surface area contributed by atoms with Crippen LogP contribution in [0.5, 0.6) is 0 Å². The molecule has 2 aliphatic rings. The lowest BCUT2D eigenvalue weighted by Gasteiger charge is -2.35. The number of benzene rings is 1. The maximum atomic E-state index is 13.5. The number of nitrogens with one attached hydrogen (secondary N) is 3. The van der Waals surface area contributed by atoms with Crippen molar-refractivity contribution in [1.29, 1.82) is 0 Å². The second kappa shape index (κ2) is 12.3. The average molecular weight is 499 g/mol. The molecule has 36 heavy (non-hydrogen) atoms. The van der Waals surface area contributed by atoms with Crippen LogP contribution in [0.3, 0.4) is 0 Å². The van der Waals surface area contributed by atoms with Crippen LogP contribution in [0.2, 0.25) is 0 Å². The second-order valence-corrected chi connectivity index (χ2v) is 9.97. The topological polar surface area (TPSA) is 125 Å². The van der Waals surface area contributed by atoms with E-state index in [4.69, 9.17) is 0 Å². The first-order valence-electron chi connectivity index (χ1n) is 12.8. The Morgan fingerprint density at radius 3 is 2.39 bits per heavy atom. The van der Waals surface area contributed by atoms with E-state index in [1.165, 1.54) is 13.8 Å². The van der Waals surface area contributed by atoms with Gasteiger partial charge in [0.25, 0.3) is 0 Å². The number of amides is 3. The molecular weight excluding hydrogens is 460 g/mol. The van der Waals surface area contributed by atoms with Crippen molar-refractivity contribution in [2.45, 2.75) is 95.9 Å². The van der Waals surface area contributed by atoms with Gasteiger partial charge in [-0.2, -0.15) is 0 Å². The number of rotatable bonds is 9. The molecule has 9 nitrogen and oxygen atoms in total. The van der Waals surface area contributed by atoms with Crippen molar-refractivity contribution in [2.24, 2.45) is 0 Å². The van der Waals surface area contributed by atoms with Gasteiger partial charge >= 0.3 is 0 Å². The van der Waals surface area contributed by atoms with Crippen molar-refractivity contribution in [3.05, 3.63) is 35.4 Å². The molecule has 0 spiro atoms. The van der Waals surface area contributed by atoms with E-state index in [0.29, 0.717) is 18.4 Å². The van der Waals surface area contributed by atoms with E-state index in [0.717, 1.165) is 31.2 Å². The highest BCUT2D eigenvalue weighted by Crippen LogP contribution is 2.31. The van der Waals surface area contributed by atoms with Crippen LogP contribution in [0.4, 0.5) is 0 Å². The Hall–Kier alpha value is -3.07. The lowest BCUT2D eigenvalue weighted by molar-refractivity contribution is -0.144. The van der Waals surface area contributed by atoms with Crippen molar-refractivity contribution in [3.63, 3.8) is 0 Å².